The largest absolute Gasteiger partial charge is 0.378 e. The first-order chi connectivity index (χ1) is 9.28. The fourth-order valence-electron chi connectivity index (χ4n) is 3.07. The first-order valence-electron chi connectivity index (χ1n) is 7.71. The van der Waals surface area contributed by atoms with Crippen LogP contribution in [0.5, 0.6) is 0 Å². The van der Waals surface area contributed by atoms with Crippen molar-refractivity contribution in [3.8, 4) is 0 Å². The molecule has 4 heteroatoms. The van der Waals surface area contributed by atoms with E-state index in [0.29, 0.717) is 12.2 Å². The maximum atomic E-state index is 6.05. The van der Waals surface area contributed by atoms with Gasteiger partial charge in [-0.15, -0.1) is 0 Å². The zero-order valence-electron chi connectivity index (χ0n) is 11.9. The van der Waals surface area contributed by atoms with Crippen molar-refractivity contribution in [3.05, 3.63) is 0 Å². The minimum absolute atomic E-state index is 0.210. The van der Waals surface area contributed by atoms with Crippen LogP contribution in [-0.2, 0) is 18.9 Å². The molecule has 1 aliphatic carbocycles. The predicted octanol–water partition coefficient (Wildman–Crippen LogP) is 2.16. The van der Waals surface area contributed by atoms with E-state index in [1.165, 1.54) is 32.1 Å². The average molecular weight is 270 g/mol. The van der Waals surface area contributed by atoms with E-state index in [2.05, 4.69) is 6.92 Å². The van der Waals surface area contributed by atoms with Crippen LogP contribution < -0.4 is 0 Å². The van der Waals surface area contributed by atoms with Crippen LogP contribution in [0.3, 0.4) is 0 Å². The molecule has 0 radical (unpaired) electrons. The van der Waals surface area contributed by atoms with Crippen molar-refractivity contribution in [2.75, 3.05) is 33.0 Å². The van der Waals surface area contributed by atoms with Gasteiger partial charge in [-0.2, -0.15) is 0 Å². The third-order valence-electron chi connectivity index (χ3n) is 4.74. The highest BCUT2D eigenvalue weighted by molar-refractivity contribution is 4.89. The molecule has 2 heterocycles. The molecule has 0 bridgehead atoms. The third-order valence-corrected chi connectivity index (χ3v) is 4.74. The van der Waals surface area contributed by atoms with Gasteiger partial charge in [-0.25, -0.2) is 0 Å². The second-order valence-electron chi connectivity index (χ2n) is 6.32. The third kappa shape index (κ3) is 3.91. The van der Waals surface area contributed by atoms with Crippen molar-refractivity contribution in [2.24, 2.45) is 5.41 Å². The molecule has 4 nitrogen and oxygen atoms in total. The molecule has 0 amide bonds. The van der Waals surface area contributed by atoms with Crippen LogP contribution in [0.2, 0.25) is 0 Å². The molecule has 2 saturated heterocycles. The minimum Gasteiger partial charge on any atom is -0.378 e. The molecule has 19 heavy (non-hydrogen) atoms. The normalized spacial score (nSPS) is 33.9. The van der Waals surface area contributed by atoms with Crippen molar-refractivity contribution in [3.63, 3.8) is 0 Å². The van der Waals surface area contributed by atoms with E-state index in [-0.39, 0.29) is 11.5 Å². The molecule has 0 aromatic rings. The summed E-state index contributed by atoms with van der Waals surface area (Å²) in [5.41, 5.74) is 0.210. The lowest BCUT2D eigenvalue weighted by atomic mass is 9.71. The van der Waals surface area contributed by atoms with Gasteiger partial charge in [-0.05, 0) is 19.8 Å². The number of epoxide rings is 2. The zero-order valence-corrected chi connectivity index (χ0v) is 11.9. The summed E-state index contributed by atoms with van der Waals surface area (Å²) in [6, 6.07) is 0. The van der Waals surface area contributed by atoms with Gasteiger partial charge in [0.05, 0.1) is 39.1 Å². The summed E-state index contributed by atoms with van der Waals surface area (Å²) in [6.07, 6.45) is 7.38. The molecular formula is C15H26O4. The highest BCUT2D eigenvalue weighted by Crippen LogP contribution is 2.41. The van der Waals surface area contributed by atoms with Gasteiger partial charge in [0.25, 0.3) is 0 Å². The number of ether oxygens (including phenoxy) is 4. The van der Waals surface area contributed by atoms with Crippen LogP contribution in [0.1, 0.15) is 39.0 Å². The molecule has 3 rings (SSSR count). The molecule has 3 atom stereocenters. The quantitative estimate of drug-likeness (QED) is 0.634. The molecule has 1 saturated carbocycles. The molecule has 0 aromatic heterocycles. The van der Waals surface area contributed by atoms with Crippen LogP contribution in [0.4, 0.5) is 0 Å². The lowest BCUT2D eigenvalue weighted by Crippen LogP contribution is -2.42. The Morgan fingerprint density at radius 1 is 1.05 bits per heavy atom. The van der Waals surface area contributed by atoms with Crippen LogP contribution in [0.15, 0.2) is 0 Å². The molecule has 0 aromatic carbocycles. The molecule has 2 aliphatic heterocycles. The first kappa shape index (κ1) is 13.8. The van der Waals surface area contributed by atoms with E-state index >= 15 is 0 Å². The summed E-state index contributed by atoms with van der Waals surface area (Å²) in [7, 11) is 0. The van der Waals surface area contributed by atoms with Gasteiger partial charge < -0.3 is 18.9 Å². The Balaban J connectivity index is 1.50. The number of rotatable bonds is 8. The second-order valence-corrected chi connectivity index (χ2v) is 6.32. The Hall–Kier alpha value is -0.160. The number of hydrogen-bond acceptors (Lipinski definition) is 4. The second kappa shape index (κ2) is 6.08. The minimum atomic E-state index is 0.210. The van der Waals surface area contributed by atoms with Crippen molar-refractivity contribution >= 4 is 0 Å². The molecule has 110 valence electrons. The lowest BCUT2D eigenvalue weighted by Gasteiger charge is -2.41. The summed E-state index contributed by atoms with van der Waals surface area (Å²) < 4.78 is 22.4. The maximum absolute atomic E-state index is 6.05. The molecule has 0 spiro atoms. The maximum Gasteiger partial charge on any atom is 0.104 e. The highest BCUT2D eigenvalue weighted by Gasteiger charge is 2.40. The van der Waals surface area contributed by atoms with E-state index in [4.69, 9.17) is 18.9 Å². The topological polar surface area (TPSA) is 43.5 Å². The predicted molar refractivity (Wildman–Crippen MR) is 71.2 cm³/mol. The number of hydrogen-bond donors (Lipinski definition) is 0. The molecule has 0 N–H and O–H groups in total. The fraction of sp³-hybridized carbons (Fsp3) is 1.00. The van der Waals surface area contributed by atoms with Gasteiger partial charge in [0, 0.05) is 5.41 Å². The fourth-order valence-corrected chi connectivity index (χ4v) is 3.07. The monoisotopic (exact) mass is 270 g/mol. The van der Waals surface area contributed by atoms with Crippen molar-refractivity contribution in [1.82, 2.24) is 0 Å². The summed E-state index contributed by atoms with van der Waals surface area (Å²) in [5, 5.41) is 0. The van der Waals surface area contributed by atoms with E-state index < -0.39 is 0 Å². The molecule has 3 fully saturated rings. The summed E-state index contributed by atoms with van der Waals surface area (Å²) >= 11 is 0. The van der Waals surface area contributed by atoms with Crippen LogP contribution >= 0.6 is 0 Å². The van der Waals surface area contributed by atoms with Gasteiger partial charge in [-0.1, -0.05) is 19.3 Å². The van der Waals surface area contributed by atoms with Gasteiger partial charge in [-0.3, -0.25) is 0 Å². The Labute approximate surface area is 115 Å². The SMILES string of the molecule is CC(OCC1CO1)C1(COCC2CO2)CCCCC1. The van der Waals surface area contributed by atoms with Crippen molar-refractivity contribution in [1.29, 1.82) is 0 Å². The highest BCUT2D eigenvalue weighted by atomic mass is 16.6. The first-order valence-corrected chi connectivity index (χ1v) is 7.71. The van der Waals surface area contributed by atoms with Crippen LogP contribution in [0, 0.1) is 5.41 Å². The van der Waals surface area contributed by atoms with Crippen LogP contribution in [0.25, 0.3) is 0 Å². The summed E-state index contributed by atoms with van der Waals surface area (Å²) in [6.45, 7) is 6.27. The van der Waals surface area contributed by atoms with E-state index in [0.717, 1.165) is 33.0 Å². The average Bonchev–Trinajstić information content (AvgIpc) is 3.31. The standard InChI is InChI=1S/C15H26O4/c1-12(17-8-14-10-19-14)15(5-3-2-4-6-15)11-16-7-13-9-18-13/h12-14H,2-11H2,1H3. The van der Waals surface area contributed by atoms with Crippen molar-refractivity contribution in [2.45, 2.75) is 57.3 Å². The van der Waals surface area contributed by atoms with Gasteiger partial charge in [0.1, 0.15) is 12.2 Å². The zero-order chi connectivity index (χ0) is 13.1. The Morgan fingerprint density at radius 2 is 1.68 bits per heavy atom. The Morgan fingerprint density at radius 3 is 2.32 bits per heavy atom. The van der Waals surface area contributed by atoms with Crippen LogP contribution in [-0.4, -0.2) is 51.3 Å². The van der Waals surface area contributed by atoms with Gasteiger partial charge >= 0.3 is 0 Å². The lowest BCUT2D eigenvalue weighted by molar-refractivity contribution is -0.0946. The molecule has 3 unspecified atom stereocenters. The van der Waals surface area contributed by atoms with E-state index in [9.17, 15) is 0 Å². The smallest absolute Gasteiger partial charge is 0.104 e. The van der Waals surface area contributed by atoms with E-state index in [1.807, 2.05) is 0 Å². The van der Waals surface area contributed by atoms with Gasteiger partial charge in [0.2, 0.25) is 0 Å². The Bertz CT molecular complexity index is 280. The summed E-state index contributed by atoms with van der Waals surface area (Å²) in [5.74, 6) is 0. The molecular weight excluding hydrogens is 244 g/mol. The molecule has 3 aliphatic rings. The van der Waals surface area contributed by atoms with Gasteiger partial charge in [0.15, 0.2) is 0 Å². The Kier molecular flexibility index (Phi) is 4.42. The van der Waals surface area contributed by atoms with E-state index in [1.54, 1.807) is 0 Å². The van der Waals surface area contributed by atoms with Crippen molar-refractivity contribution < 1.29 is 18.9 Å². The summed E-state index contributed by atoms with van der Waals surface area (Å²) in [4.78, 5) is 0.